The molecule has 0 spiro atoms. The molecule has 1 amide bonds. The molecule has 128 valence electrons. The second-order valence-electron chi connectivity index (χ2n) is 6.04. The maximum absolute atomic E-state index is 12.2. The van der Waals surface area contributed by atoms with E-state index in [-0.39, 0.29) is 22.3 Å². The smallest absolute Gasteiger partial charge is 0.291 e. The average Bonchev–Trinajstić information content (AvgIpc) is 3.08. The van der Waals surface area contributed by atoms with Gasteiger partial charge in [0, 0.05) is 11.6 Å². The van der Waals surface area contributed by atoms with Crippen LogP contribution in [0.4, 0.5) is 5.69 Å². The van der Waals surface area contributed by atoms with Gasteiger partial charge >= 0.3 is 0 Å². The summed E-state index contributed by atoms with van der Waals surface area (Å²) >= 11 is 0. The number of carbonyl (C=O) groups is 1. The molecular weight excluding hydrogens is 330 g/mol. The maximum atomic E-state index is 12.2. The quantitative estimate of drug-likeness (QED) is 0.835. The SMILES string of the molecule is C[C@@H]1C[C@H]1c1ccc(C(=O)Nc2ccc(S(=O)(=O)CCO)cc2)o1. The molecule has 2 N–H and O–H groups in total. The summed E-state index contributed by atoms with van der Waals surface area (Å²) in [5.74, 6) is 1.37. The number of aliphatic hydroxyl groups excluding tert-OH is 1. The Balaban J connectivity index is 1.67. The predicted molar refractivity (Wildman–Crippen MR) is 88.8 cm³/mol. The molecule has 0 aliphatic heterocycles. The summed E-state index contributed by atoms with van der Waals surface area (Å²) < 4.78 is 29.2. The minimum absolute atomic E-state index is 0.109. The van der Waals surface area contributed by atoms with Gasteiger partial charge in [-0.2, -0.15) is 0 Å². The van der Waals surface area contributed by atoms with Crippen molar-refractivity contribution in [2.45, 2.75) is 24.2 Å². The lowest BCUT2D eigenvalue weighted by Gasteiger charge is -2.06. The van der Waals surface area contributed by atoms with E-state index in [2.05, 4.69) is 12.2 Å². The molecule has 1 aromatic carbocycles. The van der Waals surface area contributed by atoms with Crippen molar-refractivity contribution in [2.75, 3.05) is 17.7 Å². The maximum Gasteiger partial charge on any atom is 0.291 e. The van der Waals surface area contributed by atoms with E-state index in [1.54, 1.807) is 6.07 Å². The lowest BCUT2D eigenvalue weighted by molar-refractivity contribution is 0.0995. The Morgan fingerprint density at radius 3 is 2.50 bits per heavy atom. The Morgan fingerprint density at radius 2 is 1.92 bits per heavy atom. The molecule has 1 heterocycles. The van der Waals surface area contributed by atoms with Gasteiger partial charge in [-0.05, 0) is 48.7 Å². The zero-order valence-electron chi connectivity index (χ0n) is 13.2. The van der Waals surface area contributed by atoms with Crippen molar-refractivity contribution >= 4 is 21.4 Å². The third-order valence-electron chi connectivity index (χ3n) is 4.16. The van der Waals surface area contributed by atoms with E-state index in [1.807, 2.05) is 6.07 Å². The van der Waals surface area contributed by atoms with E-state index in [0.29, 0.717) is 17.5 Å². The van der Waals surface area contributed by atoms with Gasteiger partial charge in [-0.15, -0.1) is 0 Å². The highest BCUT2D eigenvalue weighted by molar-refractivity contribution is 7.91. The van der Waals surface area contributed by atoms with E-state index < -0.39 is 16.4 Å². The molecule has 0 radical (unpaired) electrons. The number of furan rings is 1. The zero-order chi connectivity index (χ0) is 17.3. The summed E-state index contributed by atoms with van der Waals surface area (Å²) in [6, 6.07) is 9.30. The molecule has 2 aromatic rings. The van der Waals surface area contributed by atoms with Crippen molar-refractivity contribution in [1.29, 1.82) is 0 Å². The molecule has 0 saturated heterocycles. The minimum Gasteiger partial charge on any atom is -0.456 e. The summed E-state index contributed by atoms with van der Waals surface area (Å²) in [7, 11) is -3.49. The van der Waals surface area contributed by atoms with Crippen LogP contribution in [0, 0.1) is 5.92 Å². The van der Waals surface area contributed by atoms with E-state index >= 15 is 0 Å². The number of sulfone groups is 1. The van der Waals surface area contributed by atoms with Crippen molar-refractivity contribution < 1.29 is 22.7 Å². The van der Waals surface area contributed by atoms with Crippen LogP contribution in [0.5, 0.6) is 0 Å². The number of benzene rings is 1. The highest BCUT2D eigenvalue weighted by atomic mass is 32.2. The first-order valence-electron chi connectivity index (χ1n) is 7.75. The molecule has 0 bridgehead atoms. The number of amides is 1. The average molecular weight is 349 g/mol. The lowest BCUT2D eigenvalue weighted by atomic mass is 10.3. The monoisotopic (exact) mass is 349 g/mol. The molecular formula is C17H19NO5S. The van der Waals surface area contributed by atoms with Crippen LogP contribution in [-0.2, 0) is 9.84 Å². The molecule has 1 aromatic heterocycles. The highest BCUT2D eigenvalue weighted by Crippen LogP contribution is 2.47. The Bertz CT molecular complexity index is 838. The van der Waals surface area contributed by atoms with Crippen LogP contribution in [-0.4, -0.2) is 31.8 Å². The van der Waals surface area contributed by atoms with Gasteiger partial charge in [0.1, 0.15) is 5.76 Å². The third-order valence-corrected chi connectivity index (χ3v) is 5.87. The summed E-state index contributed by atoms with van der Waals surface area (Å²) in [6.45, 7) is 1.71. The number of rotatable bonds is 6. The predicted octanol–water partition coefficient (Wildman–Crippen LogP) is 2.42. The number of anilines is 1. The van der Waals surface area contributed by atoms with E-state index in [4.69, 9.17) is 9.52 Å². The van der Waals surface area contributed by atoms with Crippen molar-refractivity contribution in [2.24, 2.45) is 5.92 Å². The summed E-state index contributed by atoms with van der Waals surface area (Å²) in [5, 5.41) is 11.5. The Morgan fingerprint density at radius 1 is 1.25 bits per heavy atom. The fourth-order valence-electron chi connectivity index (χ4n) is 2.57. The van der Waals surface area contributed by atoms with Crippen LogP contribution in [0.2, 0.25) is 0 Å². The second-order valence-corrected chi connectivity index (χ2v) is 8.15. The van der Waals surface area contributed by atoms with Gasteiger partial charge < -0.3 is 14.8 Å². The molecule has 24 heavy (non-hydrogen) atoms. The molecule has 2 atom stereocenters. The van der Waals surface area contributed by atoms with Gasteiger partial charge in [-0.1, -0.05) is 6.92 Å². The molecule has 1 aliphatic carbocycles. The Labute approximate surface area is 140 Å². The number of carbonyl (C=O) groups excluding carboxylic acids is 1. The Hall–Kier alpha value is -2.12. The number of nitrogens with one attached hydrogen (secondary N) is 1. The van der Waals surface area contributed by atoms with Crippen LogP contribution < -0.4 is 5.32 Å². The third kappa shape index (κ3) is 3.52. The topological polar surface area (TPSA) is 96.6 Å². The highest BCUT2D eigenvalue weighted by Gasteiger charge is 2.36. The molecule has 1 saturated carbocycles. The fraction of sp³-hybridized carbons (Fsp3) is 0.353. The van der Waals surface area contributed by atoms with Gasteiger partial charge in [0.2, 0.25) is 0 Å². The van der Waals surface area contributed by atoms with Crippen LogP contribution in [0.25, 0.3) is 0 Å². The first-order chi connectivity index (χ1) is 11.4. The molecule has 7 heteroatoms. The van der Waals surface area contributed by atoms with E-state index in [1.165, 1.54) is 24.3 Å². The number of hydrogen-bond acceptors (Lipinski definition) is 5. The van der Waals surface area contributed by atoms with Gasteiger partial charge in [-0.25, -0.2) is 8.42 Å². The van der Waals surface area contributed by atoms with Crippen molar-refractivity contribution in [3.05, 3.63) is 47.9 Å². The number of aliphatic hydroxyl groups is 1. The summed E-state index contributed by atoms with van der Waals surface area (Å²) in [5.41, 5.74) is 0.473. The van der Waals surface area contributed by atoms with Gasteiger partial charge in [0.15, 0.2) is 15.6 Å². The second kappa shape index (κ2) is 6.41. The van der Waals surface area contributed by atoms with E-state index in [0.717, 1.165) is 12.2 Å². The summed E-state index contributed by atoms with van der Waals surface area (Å²) in [6.07, 6.45) is 1.08. The van der Waals surface area contributed by atoms with Gasteiger partial charge in [-0.3, -0.25) is 4.79 Å². The molecule has 3 rings (SSSR count). The van der Waals surface area contributed by atoms with Crippen LogP contribution >= 0.6 is 0 Å². The van der Waals surface area contributed by atoms with E-state index in [9.17, 15) is 13.2 Å². The molecule has 6 nitrogen and oxygen atoms in total. The molecule has 1 aliphatic rings. The van der Waals surface area contributed by atoms with Gasteiger partial charge in [0.25, 0.3) is 5.91 Å². The minimum atomic E-state index is -3.49. The number of hydrogen-bond donors (Lipinski definition) is 2. The molecule has 0 unspecified atom stereocenters. The lowest BCUT2D eigenvalue weighted by Crippen LogP contribution is -2.12. The standard InChI is InChI=1S/C17H19NO5S/c1-11-10-14(11)15-6-7-16(23-15)17(20)18-12-2-4-13(5-3-12)24(21,22)9-8-19/h2-7,11,14,19H,8-10H2,1H3,(H,18,20)/t11-,14-/m1/s1. The van der Waals surface area contributed by atoms with Crippen LogP contribution in [0.1, 0.15) is 35.6 Å². The zero-order valence-corrected chi connectivity index (χ0v) is 14.0. The first kappa shape index (κ1) is 16.7. The van der Waals surface area contributed by atoms with Gasteiger partial charge in [0.05, 0.1) is 17.3 Å². The van der Waals surface area contributed by atoms with Crippen molar-refractivity contribution in [3.63, 3.8) is 0 Å². The van der Waals surface area contributed by atoms with Crippen molar-refractivity contribution in [1.82, 2.24) is 0 Å². The summed E-state index contributed by atoms with van der Waals surface area (Å²) in [4.78, 5) is 12.3. The first-order valence-corrected chi connectivity index (χ1v) is 9.40. The largest absolute Gasteiger partial charge is 0.456 e. The van der Waals surface area contributed by atoms with Crippen LogP contribution in [0.3, 0.4) is 0 Å². The normalized spacial score (nSPS) is 19.9. The Kier molecular flexibility index (Phi) is 4.47. The van der Waals surface area contributed by atoms with Crippen LogP contribution in [0.15, 0.2) is 45.7 Å². The van der Waals surface area contributed by atoms with Crippen molar-refractivity contribution in [3.8, 4) is 0 Å². The fourth-order valence-corrected chi connectivity index (χ4v) is 3.60. The molecule has 1 fully saturated rings.